The summed E-state index contributed by atoms with van der Waals surface area (Å²) in [6, 6.07) is 11.4. The highest BCUT2D eigenvalue weighted by molar-refractivity contribution is 7.98. The average molecular weight is 447 g/mol. The normalized spacial score (nSPS) is 10.7. The first-order chi connectivity index (χ1) is 15.0. The maximum atomic E-state index is 13.1. The van der Waals surface area contributed by atoms with Crippen molar-refractivity contribution in [2.24, 2.45) is 7.05 Å². The minimum Gasteiger partial charge on any atom is -0.383 e. The number of hydrogen-bond acceptors (Lipinski definition) is 4. The first kappa shape index (κ1) is 24.8. The maximum absolute atomic E-state index is 13.1. The summed E-state index contributed by atoms with van der Waals surface area (Å²) in [4.78, 5) is 30.5. The number of aromatic nitrogens is 1. The van der Waals surface area contributed by atoms with Crippen LogP contribution in [-0.4, -0.2) is 65.9 Å². The van der Waals surface area contributed by atoms with Crippen molar-refractivity contribution in [3.05, 3.63) is 48.3 Å². The Morgan fingerprint density at radius 2 is 1.87 bits per heavy atom. The molecule has 1 heterocycles. The summed E-state index contributed by atoms with van der Waals surface area (Å²) < 4.78 is 7.18. The Balaban J connectivity index is 2.08. The van der Waals surface area contributed by atoms with Gasteiger partial charge < -0.3 is 24.4 Å². The standard InChI is InChI=1S/C23H34N4O3S/c1-5-6-14-27(23(29)24-19-9-11-21(31-4)12-10-19)18-22(28)26(15-16-30-3)17-20-8-7-13-25(20)2/h7-13H,5-6,14-18H2,1-4H3,(H,24,29). The second-order valence-corrected chi connectivity index (χ2v) is 8.23. The SMILES string of the molecule is CCCCN(CC(=O)N(CCOC)Cc1cccn1C)C(=O)Nc1ccc(SC)cc1. The van der Waals surface area contributed by atoms with Gasteiger partial charge in [0.15, 0.2) is 0 Å². The number of benzene rings is 1. The Kier molecular flexibility index (Phi) is 10.5. The molecule has 31 heavy (non-hydrogen) atoms. The fourth-order valence-electron chi connectivity index (χ4n) is 3.09. The summed E-state index contributed by atoms with van der Waals surface area (Å²) in [5.74, 6) is -0.0952. The summed E-state index contributed by atoms with van der Waals surface area (Å²) >= 11 is 1.65. The molecule has 0 spiro atoms. The highest BCUT2D eigenvalue weighted by Gasteiger charge is 2.22. The van der Waals surface area contributed by atoms with Crippen LogP contribution >= 0.6 is 11.8 Å². The molecule has 1 aromatic carbocycles. The minimum absolute atomic E-state index is 0.0306. The summed E-state index contributed by atoms with van der Waals surface area (Å²) in [6.45, 7) is 4.02. The number of nitrogens with one attached hydrogen (secondary N) is 1. The number of nitrogens with zero attached hydrogens (tertiary/aromatic N) is 3. The minimum atomic E-state index is -0.260. The van der Waals surface area contributed by atoms with E-state index in [1.807, 2.05) is 60.5 Å². The van der Waals surface area contributed by atoms with Crippen LogP contribution < -0.4 is 5.32 Å². The van der Waals surface area contributed by atoms with E-state index in [4.69, 9.17) is 4.74 Å². The van der Waals surface area contributed by atoms with Crippen molar-refractivity contribution in [2.45, 2.75) is 31.2 Å². The average Bonchev–Trinajstić information content (AvgIpc) is 3.18. The molecule has 1 N–H and O–H groups in total. The van der Waals surface area contributed by atoms with Gasteiger partial charge >= 0.3 is 6.03 Å². The Hall–Kier alpha value is -2.45. The van der Waals surface area contributed by atoms with Crippen LogP contribution in [-0.2, 0) is 23.1 Å². The van der Waals surface area contributed by atoms with E-state index in [2.05, 4.69) is 12.2 Å². The van der Waals surface area contributed by atoms with E-state index in [1.54, 1.807) is 28.7 Å². The van der Waals surface area contributed by atoms with Gasteiger partial charge in [-0.1, -0.05) is 13.3 Å². The number of methoxy groups -OCH3 is 1. The molecular formula is C23H34N4O3S. The van der Waals surface area contributed by atoms with E-state index in [9.17, 15) is 9.59 Å². The third-order valence-corrected chi connectivity index (χ3v) is 5.80. The van der Waals surface area contributed by atoms with E-state index in [1.165, 1.54) is 0 Å². The Labute approximate surface area is 189 Å². The lowest BCUT2D eigenvalue weighted by atomic mass is 10.3. The lowest BCUT2D eigenvalue weighted by Crippen LogP contribution is -2.45. The number of aryl methyl sites for hydroxylation is 1. The number of carbonyl (C=O) groups excluding carboxylic acids is 2. The van der Waals surface area contributed by atoms with Gasteiger partial charge in [0, 0.05) is 49.7 Å². The number of ether oxygens (including phenoxy) is 1. The molecular weight excluding hydrogens is 412 g/mol. The molecule has 2 rings (SSSR count). The second-order valence-electron chi connectivity index (χ2n) is 7.35. The predicted molar refractivity (Wildman–Crippen MR) is 126 cm³/mol. The van der Waals surface area contributed by atoms with Gasteiger partial charge in [0.25, 0.3) is 0 Å². The molecule has 0 saturated heterocycles. The monoisotopic (exact) mass is 446 g/mol. The van der Waals surface area contributed by atoms with Gasteiger partial charge in [0.1, 0.15) is 6.54 Å². The van der Waals surface area contributed by atoms with Crippen molar-refractivity contribution in [1.29, 1.82) is 0 Å². The van der Waals surface area contributed by atoms with Crippen LogP contribution in [0.3, 0.4) is 0 Å². The number of rotatable bonds is 12. The molecule has 170 valence electrons. The van der Waals surface area contributed by atoms with Crippen LogP contribution in [0.5, 0.6) is 0 Å². The molecule has 8 heteroatoms. The van der Waals surface area contributed by atoms with Gasteiger partial charge in [0.05, 0.1) is 13.2 Å². The van der Waals surface area contributed by atoms with Gasteiger partial charge in [0.2, 0.25) is 5.91 Å². The van der Waals surface area contributed by atoms with Crippen molar-refractivity contribution in [1.82, 2.24) is 14.4 Å². The van der Waals surface area contributed by atoms with Crippen molar-refractivity contribution in [2.75, 3.05) is 44.9 Å². The number of urea groups is 1. The molecule has 0 radical (unpaired) electrons. The first-order valence-electron chi connectivity index (χ1n) is 10.5. The third-order valence-electron chi connectivity index (χ3n) is 5.06. The van der Waals surface area contributed by atoms with Crippen LogP contribution in [0, 0.1) is 0 Å². The van der Waals surface area contributed by atoms with Crippen molar-refractivity contribution in [3.8, 4) is 0 Å². The largest absolute Gasteiger partial charge is 0.383 e. The second kappa shape index (κ2) is 13.1. The molecule has 0 saturated carbocycles. The molecule has 0 atom stereocenters. The molecule has 7 nitrogen and oxygen atoms in total. The fourth-order valence-corrected chi connectivity index (χ4v) is 3.50. The summed E-state index contributed by atoms with van der Waals surface area (Å²) in [6.07, 6.45) is 5.74. The Bertz CT molecular complexity index is 822. The molecule has 0 aliphatic rings. The fraction of sp³-hybridized carbons (Fsp3) is 0.478. The number of carbonyl (C=O) groups is 2. The molecule has 1 aromatic heterocycles. The van der Waals surface area contributed by atoms with Gasteiger partial charge in [-0.2, -0.15) is 0 Å². The number of unbranched alkanes of at least 4 members (excludes halogenated alkanes) is 1. The van der Waals surface area contributed by atoms with Gasteiger partial charge in [-0.25, -0.2) is 4.79 Å². The summed E-state index contributed by atoms with van der Waals surface area (Å²) in [5, 5.41) is 2.92. The quantitative estimate of drug-likeness (QED) is 0.500. The van der Waals surface area contributed by atoms with E-state index in [0.29, 0.717) is 26.2 Å². The predicted octanol–water partition coefficient (Wildman–Crippen LogP) is 4.06. The maximum Gasteiger partial charge on any atom is 0.322 e. The highest BCUT2D eigenvalue weighted by Crippen LogP contribution is 2.18. The molecule has 0 aliphatic carbocycles. The third kappa shape index (κ3) is 7.95. The van der Waals surface area contributed by atoms with Crippen molar-refractivity contribution in [3.63, 3.8) is 0 Å². The van der Waals surface area contributed by atoms with E-state index in [0.717, 1.165) is 29.1 Å². The van der Waals surface area contributed by atoms with E-state index >= 15 is 0 Å². The van der Waals surface area contributed by atoms with Crippen LogP contribution in [0.25, 0.3) is 0 Å². The molecule has 0 aliphatic heterocycles. The highest BCUT2D eigenvalue weighted by atomic mass is 32.2. The number of amides is 3. The van der Waals surface area contributed by atoms with E-state index < -0.39 is 0 Å². The van der Waals surface area contributed by atoms with Gasteiger partial charge in [-0.15, -0.1) is 11.8 Å². The zero-order valence-electron chi connectivity index (χ0n) is 19.0. The van der Waals surface area contributed by atoms with Crippen molar-refractivity contribution >= 4 is 29.4 Å². The van der Waals surface area contributed by atoms with Crippen LogP contribution in [0.2, 0.25) is 0 Å². The smallest absolute Gasteiger partial charge is 0.322 e. The van der Waals surface area contributed by atoms with Crippen LogP contribution in [0.4, 0.5) is 10.5 Å². The lowest BCUT2D eigenvalue weighted by Gasteiger charge is -2.28. The van der Waals surface area contributed by atoms with Gasteiger partial charge in [-0.3, -0.25) is 4.79 Å². The zero-order chi connectivity index (χ0) is 22.6. The van der Waals surface area contributed by atoms with Crippen LogP contribution in [0.15, 0.2) is 47.5 Å². The van der Waals surface area contributed by atoms with Crippen molar-refractivity contribution < 1.29 is 14.3 Å². The molecule has 3 amide bonds. The topological polar surface area (TPSA) is 66.8 Å². The lowest BCUT2D eigenvalue weighted by molar-refractivity contribution is -0.133. The van der Waals surface area contributed by atoms with Crippen LogP contribution in [0.1, 0.15) is 25.5 Å². The van der Waals surface area contributed by atoms with Gasteiger partial charge in [-0.05, 0) is 49.1 Å². The number of hydrogen-bond donors (Lipinski definition) is 1. The summed E-state index contributed by atoms with van der Waals surface area (Å²) in [5.41, 5.74) is 1.75. The first-order valence-corrected chi connectivity index (χ1v) is 11.8. The molecule has 0 bridgehead atoms. The Morgan fingerprint density at radius 3 is 2.45 bits per heavy atom. The molecule has 0 fully saturated rings. The number of anilines is 1. The summed E-state index contributed by atoms with van der Waals surface area (Å²) in [7, 11) is 3.58. The Morgan fingerprint density at radius 1 is 1.13 bits per heavy atom. The molecule has 2 aromatic rings. The van der Waals surface area contributed by atoms with E-state index in [-0.39, 0.29) is 18.5 Å². The zero-order valence-corrected chi connectivity index (χ0v) is 19.8. The molecule has 0 unspecified atom stereocenters. The number of thioether (sulfide) groups is 1.